The molecule has 0 bridgehead atoms. The molecule has 0 fully saturated rings. The Hall–Kier alpha value is -0.520. The molecule has 0 saturated carbocycles. The topological polar surface area (TPSA) is 0 Å². The van der Waals surface area contributed by atoms with Crippen molar-refractivity contribution in [1.29, 1.82) is 0 Å². The van der Waals surface area contributed by atoms with E-state index >= 15 is 0 Å². The largest absolute Gasteiger partial charge is 0.0961 e. The summed E-state index contributed by atoms with van der Waals surface area (Å²) in [5, 5.41) is 0. The third-order valence-electron chi connectivity index (χ3n) is 1.48. The number of allylic oxidation sites excluding steroid dienone is 3. The summed E-state index contributed by atoms with van der Waals surface area (Å²) < 4.78 is 0. The molecule has 0 spiro atoms. The first-order valence-corrected chi connectivity index (χ1v) is 3.71. The molecule has 1 radical (unpaired) electrons. The minimum atomic E-state index is 0.414. The van der Waals surface area contributed by atoms with Crippen molar-refractivity contribution in [2.45, 2.75) is 20.8 Å². The highest BCUT2D eigenvalue weighted by Crippen LogP contribution is 2.10. The Labute approximate surface area is 64.6 Å². The van der Waals surface area contributed by atoms with Crippen molar-refractivity contribution in [3.8, 4) is 0 Å². The zero-order valence-corrected chi connectivity index (χ0v) is 7.22. The summed E-state index contributed by atoms with van der Waals surface area (Å²) in [6, 6.07) is 0. The van der Waals surface area contributed by atoms with E-state index in [2.05, 4.69) is 33.4 Å². The van der Waals surface area contributed by atoms with Crippen LogP contribution < -0.4 is 0 Å². The Kier molecular flexibility index (Phi) is 4.10. The molecule has 0 heterocycles. The van der Waals surface area contributed by atoms with Gasteiger partial charge in [0.05, 0.1) is 0 Å². The molecule has 0 saturated heterocycles. The minimum Gasteiger partial charge on any atom is -0.0961 e. The normalized spacial score (nSPS) is 14.5. The first kappa shape index (κ1) is 9.48. The molecule has 0 aliphatic heterocycles. The summed E-state index contributed by atoms with van der Waals surface area (Å²) >= 11 is 0. The first-order valence-electron chi connectivity index (χ1n) is 3.71. The van der Waals surface area contributed by atoms with E-state index in [9.17, 15) is 0 Å². The van der Waals surface area contributed by atoms with Crippen LogP contribution in [0.5, 0.6) is 0 Å². The molecule has 0 aliphatic carbocycles. The van der Waals surface area contributed by atoms with Gasteiger partial charge in [-0.1, -0.05) is 38.2 Å². The summed E-state index contributed by atoms with van der Waals surface area (Å²) in [6.45, 7) is 14.1. The summed E-state index contributed by atoms with van der Waals surface area (Å²) in [5.41, 5.74) is 1.09. The van der Waals surface area contributed by atoms with E-state index in [4.69, 9.17) is 0 Å². The monoisotopic (exact) mass is 137 g/mol. The Morgan fingerprint density at radius 3 is 2.20 bits per heavy atom. The molecule has 0 nitrogen and oxygen atoms in total. The highest BCUT2D eigenvalue weighted by atomic mass is 14.1. The van der Waals surface area contributed by atoms with Crippen molar-refractivity contribution in [3.63, 3.8) is 0 Å². The highest BCUT2D eigenvalue weighted by Gasteiger charge is 2.00. The molecule has 0 amide bonds. The van der Waals surface area contributed by atoms with E-state index in [0.717, 1.165) is 5.57 Å². The number of hydrogen-bond acceptors (Lipinski definition) is 0. The van der Waals surface area contributed by atoms with Gasteiger partial charge in [0.2, 0.25) is 0 Å². The van der Waals surface area contributed by atoms with E-state index in [1.165, 1.54) is 0 Å². The molecule has 0 rings (SSSR count). The van der Waals surface area contributed by atoms with Crippen LogP contribution in [0.4, 0.5) is 0 Å². The van der Waals surface area contributed by atoms with E-state index in [1.54, 1.807) is 0 Å². The van der Waals surface area contributed by atoms with E-state index in [1.807, 2.05) is 13.0 Å². The first-order chi connectivity index (χ1) is 4.54. The number of hydrogen-bond donors (Lipinski definition) is 0. The average molecular weight is 137 g/mol. The maximum atomic E-state index is 3.98. The minimum absolute atomic E-state index is 0.414. The maximum absolute atomic E-state index is 3.98. The predicted molar refractivity (Wildman–Crippen MR) is 47.6 cm³/mol. The molecule has 0 heteroatoms. The van der Waals surface area contributed by atoms with Crippen molar-refractivity contribution >= 4 is 0 Å². The van der Waals surface area contributed by atoms with Crippen molar-refractivity contribution < 1.29 is 0 Å². The SMILES string of the molecule is [CH2]C(/C=C/C(=C)C)C(C)C. The quantitative estimate of drug-likeness (QED) is 0.524. The lowest BCUT2D eigenvalue weighted by Gasteiger charge is -2.08. The van der Waals surface area contributed by atoms with Crippen LogP contribution in [0.15, 0.2) is 24.3 Å². The van der Waals surface area contributed by atoms with Gasteiger partial charge in [-0.05, 0) is 25.7 Å². The number of rotatable bonds is 3. The van der Waals surface area contributed by atoms with Crippen LogP contribution in [-0.2, 0) is 0 Å². The third-order valence-corrected chi connectivity index (χ3v) is 1.48. The highest BCUT2D eigenvalue weighted by molar-refractivity contribution is 5.12. The lowest BCUT2D eigenvalue weighted by Crippen LogP contribution is -1.99. The molecule has 1 atom stereocenters. The molecule has 0 aromatic carbocycles. The van der Waals surface area contributed by atoms with Crippen LogP contribution in [0, 0.1) is 18.8 Å². The molecule has 1 unspecified atom stereocenters. The van der Waals surface area contributed by atoms with E-state index < -0.39 is 0 Å². The Morgan fingerprint density at radius 1 is 1.40 bits per heavy atom. The van der Waals surface area contributed by atoms with Crippen LogP contribution in [-0.4, -0.2) is 0 Å². The average Bonchev–Trinajstić information content (AvgIpc) is 1.82. The van der Waals surface area contributed by atoms with E-state index in [-0.39, 0.29) is 0 Å². The fourth-order valence-electron chi connectivity index (χ4n) is 0.510. The molecule has 0 aromatic rings. The van der Waals surface area contributed by atoms with Crippen LogP contribution in [0.3, 0.4) is 0 Å². The molecular formula is C10H17. The molecule has 0 aromatic heterocycles. The van der Waals surface area contributed by atoms with Crippen LogP contribution in [0.25, 0.3) is 0 Å². The lowest BCUT2D eigenvalue weighted by atomic mass is 9.97. The van der Waals surface area contributed by atoms with Gasteiger partial charge in [0.15, 0.2) is 0 Å². The van der Waals surface area contributed by atoms with Crippen LogP contribution >= 0.6 is 0 Å². The molecule has 57 valence electrons. The van der Waals surface area contributed by atoms with Crippen molar-refractivity contribution in [2.24, 2.45) is 11.8 Å². The van der Waals surface area contributed by atoms with Gasteiger partial charge in [-0.2, -0.15) is 0 Å². The van der Waals surface area contributed by atoms with Gasteiger partial charge < -0.3 is 0 Å². The molecule has 10 heavy (non-hydrogen) atoms. The fraction of sp³-hybridized carbons (Fsp3) is 0.500. The van der Waals surface area contributed by atoms with Gasteiger partial charge >= 0.3 is 0 Å². The van der Waals surface area contributed by atoms with Crippen LogP contribution in [0.1, 0.15) is 20.8 Å². The zero-order valence-electron chi connectivity index (χ0n) is 7.22. The second kappa shape index (κ2) is 4.32. The summed E-state index contributed by atoms with van der Waals surface area (Å²) in [4.78, 5) is 0. The smallest absolute Gasteiger partial charge is 0.0207 e. The van der Waals surface area contributed by atoms with Gasteiger partial charge in [-0.15, -0.1) is 0 Å². The van der Waals surface area contributed by atoms with Gasteiger partial charge in [0, 0.05) is 0 Å². The van der Waals surface area contributed by atoms with Gasteiger partial charge in [-0.25, -0.2) is 0 Å². The Morgan fingerprint density at radius 2 is 1.90 bits per heavy atom. The van der Waals surface area contributed by atoms with Gasteiger partial charge in [0.1, 0.15) is 0 Å². The Bertz CT molecular complexity index is 129. The van der Waals surface area contributed by atoms with Crippen molar-refractivity contribution in [3.05, 3.63) is 31.2 Å². The lowest BCUT2D eigenvalue weighted by molar-refractivity contribution is 0.547. The van der Waals surface area contributed by atoms with Crippen molar-refractivity contribution in [2.75, 3.05) is 0 Å². The van der Waals surface area contributed by atoms with Gasteiger partial charge in [-0.3, -0.25) is 0 Å². The van der Waals surface area contributed by atoms with Crippen LogP contribution in [0.2, 0.25) is 0 Å². The maximum Gasteiger partial charge on any atom is -0.0207 e. The third kappa shape index (κ3) is 4.37. The van der Waals surface area contributed by atoms with E-state index in [0.29, 0.717) is 11.8 Å². The van der Waals surface area contributed by atoms with Crippen molar-refractivity contribution in [1.82, 2.24) is 0 Å². The zero-order chi connectivity index (χ0) is 8.15. The summed E-state index contributed by atoms with van der Waals surface area (Å²) in [7, 11) is 0. The van der Waals surface area contributed by atoms with Gasteiger partial charge in [0.25, 0.3) is 0 Å². The fourth-order valence-corrected chi connectivity index (χ4v) is 0.510. The Balaban J connectivity index is 3.77. The summed E-state index contributed by atoms with van der Waals surface area (Å²) in [5.74, 6) is 1.03. The predicted octanol–water partition coefficient (Wildman–Crippen LogP) is 3.22. The molecule has 0 N–H and O–H groups in total. The second-order valence-corrected chi connectivity index (χ2v) is 3.11. The summed E-state index contributed by atoms with van der Waals surface area (Å²) in [6.07, 6.45) is 4.13. The second-order valence-electron chi connectivity index (χ2n) is 3.11. The standard InChI is InChI=1S/C10H17/c1-8(2)6-7-10(5)9(3)4/h6-7,9-10H,1,5H2,2-4H3/b7-6+. The molecular weight excluding hydrogens is 120 g/mol. The molecule has 0 aliphatic rings.